The second-order valence-electron chi connectivity index (χ2n) is 11.2. The van der Waals surface area contributed by atoms with Crippen LogP contribution in [0.2, 0.25) is 0 Å². The van der Waals surface area contributed by atoms with Crippen LogP contribution in [0.3, 0.4) is 0 Å². The van der Waals surface area contributed by atoms with Crippen LogP contribution in [0, 0.1) is 11.8 Å². The summed E-state index contributed by atoms with van der Waals surface area (Å²) in [6.07, 6.45) is 5.52. The third-order valence-electron chi connectivity index (χ3n) is 7.80. The van der Waals surface area contributed by atoms with Crippen molar-refractivity contribution in [2.24, 2.45) is 17.6 Å². The Kier molecular flexibility index (Phi) is 13.8. The number of carbonyl (C=O) groups is 3. The molecule has 0 saturated carbocycles. The lowest BCUT2D eigenvalue weighted by Gasteiger charge is -2.40. The van der Waals surface area contributed by atoms with Crippen molar-refractivity contribution in [1.82, 2.24) is 20.1 Å². The van der Waals surface area contributed by atoms with Gasteiger partial charge in [-0.05, 0) is 51.1 Å². The van der Waals surface area contributed by atoms with Crippen molar-refractivity contribution < 1.29 is 19.1 Å². The van der Waals surface area contributed by atoms with Gasteiger partial charge < -0.3 is 20.7 Å². The third-order valence-corrected chi connectivity index (χ3v) is 8.73. The Morgan fingerprint density at radius 3 is 2.46 bits per heavy atom. The van der Waals surface area contributed by atoms with Crippen molar-refractivity contribution in [1.29, 1.82) is 0 Å². The molecule has 9 nitrogen and oxygen atoms in total. The maximum Gasteiger partial charge on any atom is 0.268 e. The number of piperidine rings is 1. The fraction of sp³-hybridized carbons (Fsp3) is 0.793. The van der Waals surface area contributed by atoms with E-state index >= 15 is 0 Å². The number of hydrogen-bond acceptors (Lipinski definition) is 7. The average molecular weight is 566 g/mol. The number of nitrogens with zero attached hydrogens (tertiary/aromatic N) is 3. The van der Waals surface area contributed by atoms with E-state index in [0.717, 1.165) is 45.1 Å². The molecule has 0 radical (unpaired) electrons. The summed E-state index contributed by atoms with van der Waals surface area (Å²) in [4.78, 5) is 47.9. The normalized spacial score (nSPS) is 19.3. The minimum Gasteiger partial charge on any atom is -0.371 e. The molecule has 0 spiro atoms. The van der Waals surface area contributed by atoms with Crippen molar-refractivity contribution in [2.75, 3.05) is 26.7 Å². The van der Waals surface area contributed by atoms with Gasteiger partial charge in [0.15, 0.2) is 0 Å². The smallest absolute Gasteiger partial charge is 0.268 e. The second kappa shape index (κ2) is 16.3. The van der Waals surface area contributed by atoms with Crippen LogP contribution in [-0.2, 0) is 14.3 Å². The number of likely N-dealkylation sites (N-methyl/N-ethyl adjacent to an activating group) is 1. The predicted octanol–water partition coefficient (Wildman–Crippen LogP) is 4.38. The molecule has 2 rings (SSSR count). The van der Waals surface area contributed by atoms with E-state index in [9.17, 15) is 14.4 Å². The van der Waals surface area contributed by atoms with E-state index in [1.54, 1.807) is 5.38 Å². The Morgan fingerprint density at radius 2 is 1.92 bits per heavy atom. The van der Waals surface area contributed by atoms with E-state index in [4.69, 9.17) is 10.5 Å². The number of likely N-dealkylation sites (tertiary alicyclic amines) is 1. The van der Waals surface area contributed by atoms with Crippen molar-refractivity contribution in [2.45, 2.75) is 111 Å². The van der Waals surface area contributed by atoms with Crippen LogP contribution >= 0.6 is 11.3 Å². The first-order valence-electron chi connectivity index (χ1n) is 14.7. The van der Waals surface area contributed by atoms with Crippen LogP contribution in [0.5, 0.6) is 0 Å². The van der Waals surface area contributed by atoms with Gasteiger partial charge in [-0.1, -0.05) is 54.4 Å². The summed E-state index contributed by atoms with van der Waals surface area (Å²) in [7, 11) is 1.99. The molecule has 5 unspecified atom stereocenters. The molecule has 5 atom stereocenters. The second-order valence-corrected chi connectivity index (χ2v) is 12.1. The minimum absolute atomic E-state index is 0.00765. The highest BCUT2D eigenvalue weighted by Gasteiger charge is 2.38. The topological polar surface area (TPSA) is 118 Å². The van der Waals surface area contributed by atoms with Crippen LogP contribution in [0.15, 0.2) is 5.38 Å². The zero-order chi connectivity index (χ0) is 29.1. The number of carbonyl (C=O) groups excluding carboxylic acids is 3. The quantitative estimate of drug-likeness (QED) is 0.307. The van der Waals surface area contributed by atoms with E-state index in [0.29, 0.717) is 24.6 Å². The van der Waals surface area contributed by atoms with Gasteiger partial charge in [-0.3, -0.25) is 19.3 Å². The number of aromatic nitrogens is 1. The van der Waals surface area contributed by atoms with Gasteiger partial charge >= 0.3 is 0 Å². The molecule has 3 N–H and O–H groups in total. The molecule has 1 aliphatic rings. The van der Waals surface area contributed by atoms with E-state index in [1.165, 1.54) is 11.3 Å². The molecule has 1 aromatic heterocycles. The molecule has 3 amide bonds. The Bertz CT molecular complexity index is 923. The largest absolute Gasteiger partial charge is 0.371 e. The van der Waals surface area contributed by atoms with Gasteiger partial charge in [0, 0.05) is 31.0 Å². The summed E-state index contributed by atoms with van der Waals surface area (Å²) in [5, 5.41) is 5.53. The molecule has 1 aromatic rings. The van der Waals surface area contributed by atoms with Gasteiger partial charge in [0.2, 0.25) is 11.8 Å². The molecule has 2 heterocycles. The van der Waals surface area contributed by atoms with E-state index in [2.05, 4.69) is 42.9 Å². The monoisotopic (exact) mass is 565 g/mol. The number of amides is 3. The van der Waals surface area contributed by atoms with Crippen molar-refractivity contribution in [3.63, 3.8) is 0 Å². The molecule has 0 aliphatic carbocycles. The molecular weight excluding hydrogens is 514 g/mol. The summed E-state index contributed by atoms with van der Waals surface area (Å²) >= 11 is 1.36. The van der Waals surface area contributed by atoms with Gasteiger partial charge in [0.05, 0.1) is 6.04 Å². The molecule has 0 bridgehead atoms. The number of primary amides is 1. The summed E-state index contributed by atoms with van der Waals surface area (Å²) in [5.74, 6) is -0.527. The van der Waals surface area contributed by atoms with Crippen LogP contribution in [0.1, 0.15) is 108 Å². The third kappa shape index (κ3) is 9.25. The van der Waals surface area contributed by atoms with Crippen molar-refractivity contribution in [3.8, 4) is 0 Å². The highest BCUT2D eigenvalue weighted by molar-refractivity contribution is 7.09. The molecule has 10 heteroatoms. The number of nitrogens with two attached hydrogens (primary N) is 1. The lowest BCUT2D eigenvalue weighted by atomic mass is 9.92. The van der Waals surface area contributed by atoms with Gasteiger partial charge in [-0.2, -0.15) is 0 Å². The van der Waals surface area contributed by atoms with E-state index < -0.39 is 11.9 Å². The Labute approximate surface area is 239 Å². The lowest BCUT2D eigenvalue weighted by Crippen LogP contribution is -2.58. The maximum absolute atomic E-state index is 14.3. The number of hydrogen-bond donors (Lipinski definition) is 2. The molecule has 39 heavy (non-hydrogen) atoms. The fourth-order valence-electron chi connectivity index (χ4n) is 5.23. The first-order chi connectivity index (χ1) is 18.5. The van der Waals surface area contributed by atoms with Crippen molar-refractivity contribution >= 4 is 29.1 Å². The fourth-order valence-corrected chi connectivity index (χ4v) is 6.09. The molecule has 1 aliphatic heterocycles. The number of ether oxygens (including phenoxy) is 1. The lowest BCUT2D eigenvalue weighted by molar-refractivity contribution is -0.143. The number of thiazole rings is 1. The predicted molar refractivity (Wildman–Crippen MR) is 157 cm³/mol. The van der Waals surface area contributed by atoms with Crippen LogP contribution in [0.4, 0.5) is 0 Å². The number of rotatable bonds is 16. The highest BCUT2D eigenvalue weighted by Crippen LogP contribution is 2.31. The maximum atomic E-state index is 14.3. The standard InChI is InChI=1S/C29H51N5O4S/c1-8-14-34(29(37)25(20(6)10-3)32-27(36)22-13-11-12-15-33(22)7)23(19(4)5)17-24(38-16-9-2)28-31-21(18-39-28)26(30)35/h18-20,22-25H,8-17H2,1-7H3,(H2,30,35)(H,32,36). The Balaban J connectivity index is 2.36. The Morgan fingerprint density at radius 1 is 1.21 bits per heavy atom. The summed E-state index contributed by atoms with van der Waals surface area (Å²) in [5.41, 5.74) is 5.69. The molecule has 1 saturated heterocycles. The molecule has 0 aromatic carbocycles. The number of nitrogens with one attached hydrogen (secondary N) is 1. The molecular formula is C29H51N5O4S. The zero-order valence-electron chi connectivity index (χ0n) is 25.1. The van der Waals surface area contributed by atoms with Gasteiger partial charge in [0.25, 0.3) is 5.91 Å². The minimum atomic E-state index is -0.595. The van der Waals surface area contributed by atoms with Crippen LogP contribution in [-0.4, -0.2) is 77.4 Å². The first-order valence-corrected chi connectivity index (χ1v) is 15.6. The van der Waals surface area contributed by atoms with Gasteiger partial charge in [0.1, 0.15) is 22.8 Å². The summed E-state index contributed by atoms with van der Waals surface area (Å²) in [6, 6.07) is -0.933. The van der Waals surface area contributed by atoms with Crippen molar-refractivity contribution in [3.05, 3.63) is 16.1 Å². The van der Waals surface area contributed by atoms with Crippen LogP contribution < -0.4 is 11.1 Å². The summed E-state index contributed by atoms with van der Waals surface area (Å²) in [6.45, 7) is 14.5. The highest BCUT2D eigenvalue weighted by atomic mass is 32.1. The zero-order valence-corrected chi connectivity index (χ0v) is 25.9. The average Bonchev–Trinajstić information content (AvgIpc) is 3.41. The van der Waals surface area contributed by atoms with Crippen LogP contribution in [0.25, 0.3) is 0 Å². The van der Waals surface area contributed by atoms with Gasteiger partial charge in [-0.25, -0.2) is 4.98 Å². The first kappa shape index (κ1) is 33.2. The summed E-state index contributed by atoms with van der Waals surface area (Å²) < 4.78 is 6.23. The SMILES string of the molecule is CCCOC(CC(C(C)C)N(CCC)C(=O)C(NC(=O)C1CCCCN1C)C(C)CC)c1nc(C(N)=O)cs1. The van der Waals surface area contributed by atoms with Gasteiger partial charge in [-0.15, -0.1) is 11.3 Å². The Hall–Kier alpha value is -2.04. The molecule has 1 fully saturated rings. The van der Waals surface area contributed by atoms with E-state index in [1.807, 2.05) is 25.8 Å². The van der Waals surface area contributed by atoms with E-state index in [-0.39, 0.29) is 47.5 Å². The molecule has 222 valence electrons.